The van der Waals surface area contributed by atoms with Crippen LogP contribution in [0.4, 0.5) is 0 Å². The van der Waals surface area contributed by atoms with Crippen molar-refractivity contribution >= 4 is 5.91 Å². The fraction of sp³-hybridized carbons (Fsp3) is 0.611. The molecule has 0 radical (unpaired) electrons. The first-order chi connectivity index (χ1) is 11.1. The zero-order valence-corrected chi connectivity index (χ0v) is 14.4. The van der Waals surface area contributed by atoms with Gasteiger partial charge >= 0.3 is 0 Å². The van der Waals surface area contributed by atoms with Crippen LogP contribution in [0.2, 0.25) is 0 Å². The summed E-state index contributed by atoms with van der Waals surface area (Å²) < 4.78 is 10.5. The van der Waals surface area contributed by atoms with Crippen molar-refractivity contribution in [3.8, 4) is 11.5 Å². The van der Waals surface area contributed by atoms with Gasteiger partial charge in [0, 0.05) is 13.1 Å². The number of nitrogens with zero attached hydrogens (tertiary/aromatic N) is 1. The molecule has 128 valence electrons. The van der Waals surface area contributed by atoms with Gasteiger partial charge in [0.1, 0.15) is 0 Å². The van der Waals surface area contributed by atoms with Crippen LogP contribution in [0.25, 0.3) is 0 Å². The summed E-state index contributed by atoms with van der Waals surface area (Å²) in [6, 6.07) is 5.92. The maximum atomic E-state index is 12.2. The molecule has 1 aliphatic rings. The number of hydrogen-bond acceptors (Lipinski definition) is 4. The highest BCUT2D eigenvalue weighted by Gasteiger charge is 2.20. The number of rotatable bonds is 7. The number of carbonyl (C=O) groups is 1. The van der Waals surface area contributed by atoms with Gasteiger partial charge in [-0.05, 0) is 49.4 Å². The second kappa shape index (κ2) is 8.77. The topological polar surface area (TPSA) is 50.8 Å². The third-order valence-electron chi connectivity index (χ3n) is 4.32. The van der Waals surface area contributed by atoms with Crippen LogP contribution < -0.4 is 14.8 Å². The van der Waals surface area contributed by atoms with Gasteiger partial charge in [0.15, 0.2) is 11.5 Å². The summed E-state index contributed by atoms with van der Waals surface area (Å²) in [6.45, 7) is 5.20. The van der Waals surface area contributed by atoms with E-state index in [4.69, 9.17) is 9.47 Å². The zero-order chi connectivity index (χ0) is 16.7. The van der Waals surface area contributed by atoms with E-state index < -0.39 is 0 Å². The van der Waals surface area contributed by atoms with Crippen molar-refractivity contribution in [3.63, 3.8) is 0 Å². The van der Waals surface area contributed by atoms with Crippen molar-refractivity contribution in [2.45, 2.75) is 26.2 Å². The number of ether oxygens (including phenoxy) is 2. The minimum atomic E-state index is 0.212. The van der Waals surface area contributed by atoms with Crippen LogP contribution in [0.1, 0.15) is 25.3 Å². The van der Waals surface area contributed by atoms with Crippen LogP contribution >= 0.6 is 0 Å². The summed E-state index contributed by atoms with van der Waals surface area (Å²) in [5.74, 6) is 2.31. The van der Waals surface area contributed by atoms with E-state index in [-0.39, 0.29) is 5.91 Å². The van der Waals surface area contributed by atoms with E-state index in [0.29, 0.717) is 12.5 Å². The lowest BCUT2D eigenvalue weighted by Gasteiger charge is -2.31. The van der Waals surface area contributed by atoms with Gasteiger partial charge in [0.2, 0.25) is 5.91 Å². The SMILES string of the molecule is COc1ccc(CCNCC(=O)N2CCCC(C)C2)cc1OC. The molecule has 0 aliphatic carbocycles. The Morgan fingerprint density at radius 2 is 2.09 bits per heavy atom. The number of benzene rings is 1. The smallest absolute Gasteiger partial charge is 0.236 e. The second-order valence-electron chi connectivity index (χ2n) is 6.20. The first-order valence-corrected chi connectivity index (χ1v) is 8.33. The number of amides is 1. The molecule has 1 aromatic carbocycles. The standard InChI is InChI=1S/C18H28N2O3/c1-14-5-4-10-20(13-14)18(21)12-19-9-8-15-6-7-16(22-2)17(11-15)23-3/h6-7,11,14,19H,4-5,8-10,12-13H2,1-3H3. The summed E-state index contributed by atoms with van der Waals surface area (Å²) in [5.41, 5.74) is 1.16. The highest BCUT2D eigenvalue weighted by atomic mass is 16.5. The van der Waals surface area contributed by atoms with E-state index in [1.165, 1.54) is 6.42 Å². The van der Waals surface area contributed by atoms with Crippen LogP contribution in [0, 0.1) is 5.92 Å². The van der Waals surface area contributed by atoms with Crippen LogP contribution in [0.3, 0.4) is 0 Å². The minimum Gasteiger partial charge on any atom is -0.493 e. The second-order valence-corrected chi connectivity index (χ2v) is 6.20. The van der Waals surface area contributed by atoms with Gasteiger partial charge in [-0.2, -0.15) is 0 Å². The minimum absolute atomic E-state index is 0.212. The highest BCUT2D eigenvalue weighted by Crippen LogP contribution is 2.27. The number of nitrogens with one attached hydrogen (secondary N) is 1. The number of piperidine rings is 1. The van der Waals surface area contributed by atoms with E-state index in [0.717, 1.165) is 49.5 Å². The van der Waals surface area contributed by atoms with Gasteiger partial charge in [-0.1, -0.05) is 13.0 Å². The molecule has 0 spiro atoms. The fourth-order valence-corrected chi connectivity index (χ4v) is 2.99. The Bertz CT molecular complexity index is 519. The lowest BCUT2D eigenvalue weighted by atomic mass is 10.0. The molecule has 5 nitrogen and oxygen atoms in total. The summed E-state index contributed by atoms with van der Waals surface area (Å²) in [5, 5.41) is 3.25. The van der Waals surface area contributed by atoms with Gasteiger partial charge < -0.3 is 19.7 Å². The molecule has 5 heteroatoms. The summed E-state index contributed by atoms with van der Waals surface area (Å²) >= 11 is 0. The molecule has 1 amide bonds. The van der Waals surface area contributed by atoms with Gasteiger partial charge in [0.05, 0.1) is 20.8 Å². The predicted octanol–water partition coefficient (Wildman–Crippen LogP) is 2.09. The molecule has 1 atom stereocenters. The Kier molecular flexibility index (Phi) is 6.71. The molecule has 1 fully saturated rings. The van der Waals surface area contributed by atoms with Crippen LogP contribution in [0.15, 0.2) is 18.2 Å². The quantitative estimate of drug-likeness (QED) is 0.782. The van der Waals surface area contributed by atoms with Crippen LogP contribution in [-0.4, -0.2) is 51.2 Å². The summed E-state index contributed by atoms with van der Waals surface area (Å²) in [7, 11) is 3.27. The van der Waals surface area contributed by atoms with E-state index in [1.807, 2.05) is 23.1 Å². The number of hydrogen-bond donors (Lipinski definition) is 1. The molecule has 1 saturated heterocycles. The Labute approximate surface area is 139 Å². The fourth-order valence-electron chi connectivity index (χ4n) is 2.99. The van der Waals surface area contributed by atoms with Crippen LogP contribution in [-0.2, 0) is 11.2 Å². The van der Waals surface area contributed by atoms with E-state index >= 15 is 0 Å². The Morgan fingerprint density at radius 3 is 2.78 bits per heavy atom. The third-order valence-corrected chi connectivity index (χ3v) is 4.32. The number of methoxy groups -OCH3 is 2. The van der Waals surface area contributed by atoms with E-state index in [1.54, 1.807) is 14.2 Å². The van der Waals surface area contributed by atoms with Gasteiger partial charge in [-0.15, -0.1) is 0 Å². The largest absolute Gasteiger partial charge is 0.493 e. The Balaban J connectivity index is 1.73. The first-order valence-electron chi connectivity index (χ1n) is 8.33. The van der Waals surface area contributed by atoms with Crippen molar-refractivity contribution in [2.75, 3.05) is 40.4 Å². The van der Waals surface area contributed by atoms with Gasteiger partial charge in [-0.25, -0.2) is 0 Å². The van der Waals surface area contributed by atoms with Crippen molar-refractivity contribution in [1.29, 1.82) is 0 Å². The third kappa shape index (κ3) is 5.13. The molecule has 1 aromatic rings. The molecule has 0 aromatic heterocycles. The summed E-state index contributed by atoms with van der Waals surface area (Å²) in [6.07, 6.45) is 3.21. The van der Waals surface area contributed by atoms with Crippen molar-refractivity contribution < 1.29 is 14.3 Å². The lowest BCUT2D eigenvalue weighted by molar-refractivity contribution is -0.131. The number of carbonyl (C=O) groups excluding carboxylic acids is 1. The molecular weight excluding hydrogens is 292 g/mol. The highest BCUT2D eigenvalue weighted by molar-refractivity contribution is 5.78. The Morgan fingerprint density at radius 1 is 1.30 bits per heavy atom. The normalized spacial score (nSPS) is 17.9. The maximum absolute atomic E-state index is 12.2. The maximum Gasteiger partial charge on any atom is 0.236 e. The van der Waals surface area contributed by atoms with Crippen molar-refractivity contribution in [2.24, 2.45) is 5.92 Å². The van der Waals surface area contributed by atoms with Crippen molar-refractivity contribution in [3.05, 3.63) is 23.8 Å². The van der Waals surface area contributed by atoms with E-state index in [2.05, 4.69) is 12.2 Å². The van der Waals surface area contributed by atoms with Crippen LogP contribution in [0.5, 0.6) is 11.5 Å². The molecule has 23 heavy (non-hydrogen) atoms. The molecule has 2 rings (SSSR count). The predicted molar refractivity (Wildman–Crippen MR) is 91.1 cm³/mol. The molecular formula is C18H28N2O3. The average Bonchev–Trinajstić information content (AvgIpc) is 2.58. The molecule has 1 aliphatic heterocycles. The lowest BCUT2D eigenvalue weighted by Crippen LogP contribution is -2.43. The molecule has 1 unspecified atom stereocenters. The van der Waals surface area contributed by atoms with Gasteiger partial charge in [-0.3, -0.25) is 4.79 Å². The number of likely N-dealkylation sites (tertiary alicyclic amines) is 1. The monoisotopic (exact) mass is 320 g/mol. The zero-order valence-electron chi connectivity index (χ0n) is 14.4. The Hall–Kier alpha value is -1.75. The molecule has 0 bridgehead atoms. The molecule has 1 N–H and O–H groups in total. The average molecular weight is 320 g/mol. The molecule has 0 saturated carbocycles. The van der Waals surface area contributed by atoms with E-state index in [9.17, 15) is 4.79 Å². The van der Waals surface area contributed by atoms with Crippen molar-refractivity contribution in [1.82, 2.24) is 10.2 Å². The van der Waals surface area contributed by atoms with Gasteiger partial charge in [0.25, 0.3) is 0 Å². The summed E-state index contributed by atoms with van der Waals surface area (Å²) in [4.78, 5) is 14.1. The molecule has 1 heterocycles. The first kappa shape index (κ1) is 17.6.